The molecule has 1 aliphatic heterocycles. The van der Waals surface area contributed by atoms with Crippen LogP contribution in [0.5, 0.6) is 0 Å². The molecule has 1 saturated heterocycles. The Morgan fingerprint density at radius 3 is 2.62 bits per heavy atom. The number of rotatable bonds is 7. The Kier molecular flexibility index (Phi) is 6.25. The van der Waals surface area contributed by atoms with Crippen molar-refractivity contribution in [2.24, 2.45) is 0 Å². The van der Waals surface area contributed by atoms with Crippen molar-refractivity contribution < 1.29 is 0 Å². The van der Waals surface area contributed by atoms with E-state index in [1.807, 2.05) is 4.68 Å². The zero-order valence-electron chi connectivity index (χ0n) is 17.6. The van der Waals surface area contributed by atoms with E-state index in [0.29, 0.717) is 0 Å². The van der Waals surface area contributed by atoms with Gasteiger partial charge in [-0.2, -0.15) is 0 Å². The van der Waals surface area contributed by atoms with E-state index in [1.165, 1.54) is 21.7 Å². The van der Waals surface area contributed by atoms with Crippen LogP contribution >= 0.6 is 11.3 Å². The Hall–Kier alpha value is -2.25. The van der Waals surface area contributed by atoms with Crippen molar-refractivity contribution in [2.45, 2.75) is 46.2 Å². The van der Waals surface area contributed by atoms with Gasteiger partial charge in [0.15, 0.2) is 5.82 Å². The van der Waals surface area contributed by atoms with Crippen LogP contribution in [0, 0.1) is 13.8 Å². The molecular weight excluding hydrogens is 380 g/mol. The number of benzene rings is 1. The Bertz CT molecular complexity index is 911. The number of aromatic nitrogens is 4. The van der Waals surface area contributed by atoms with E-state index in [9.17, 15) is 0 Å². The van der Waals surface area contributed by atoms with Crippen molar-refractivity contribution in [1.82, 2.24) is 25.1 Å². The lowest BCUT2D eigenvalue weighted by molar-refractivity contribution is 0.164. The molecule has 0 bridgehead atoms. The summed E-state index contributed by atoms with van der Waals surface area (Å²) in [7, 11) is 0. The fourth-order valence-electron chi connectivity index (χ4n) is 4.21. The zero-order valence-corrected chi connectivity index (χ0v) is 18.4. The Morgan fingerprint density at radius 2 is 1.90 bits per heavy atom. The minimum absolute atomic E-state index is 0.274. The topological polar surface area (TPSA) is 50.1 Å². The molecule has 4 rings (SSSR count). The van der Waals surface area contributed by atoms with Crippen LogP contribution in [0.25, 0.3) is 0 Å². The minimum Gasteiger partial charge on any atom is -0.369 e. The molecule has 0 radical (unpaired) electrons. The van der Waals surface area contributed by atoms with E-state index < -0.39 is 0 Å². The number of nitrogens with zero attached hydrogens (tertiary/aromatic N) is 6. The van der Waals surface area contributed by atoms with Crippen LogP contribution in [-0.2, 0) is 6.54 Å². The van der Waals surface area contributed by atoms with Crippen LogP contribution in [0.3, 0.4) is 0 Å². The molecule has 1 unspecified atom stereocenters. The fourth-order valence-corrected chi connectivity index (χ4v) is 4.90. The standard InChI is InChI=1S/C22H30N6S/c1-4-7-21(22-23-24-25-28(22)16-19-9-6-15-29-19)27-13-11-26(12-14-27)20-10-5-8-17(2)18(20)3/h5-6,8-10,15,21H,4,7,11-14,16H2,1-3H3. The zero-order chi connectivity index (χ0) is 20.2. The highest BCUT2D eigenvalue weighted by atomic mass is 32.1. The normalized spacial score (nSPS) is 16.3. The molecule has 0 saturated carbocycles. The monoisotopic (exact) mass is 410 g/mol. The van der Waals surface area contributed by atoms with Gasteiger partial charge in [-0.3, -0.25) is 4.90 Å². The summed E-state index contributed by atoms with van der Waals surface area (Å²) in [5.41, 5.74) is 4.13. The molecule has 0 N–H and O–H groups in total. The molecule has 2 aromatic heterocycles. The second-order valence-electron chi connectivity index (χ2n) is 7.82. The van der Waals surface area contributed by atoms with Crippen molar-refractivity contribution in [3.05, 3.63) is 57.5 Å². The number of aryl methyl sites for hydroxylation is 1. The Labute approximate surface area is 177 Å². The molecule has 1 atom stereocenters. The lowest BCUT2D eigenvalue weighted by atomic mass is 10.1. The number of thiophene rings is 1. The van der Waals surface area contributed by atoms with E-state index in [-0.39, 0.29) is 6.04 Å². The molecule has 7 heteroatoms. The van der Waals surface area contributed by atoms with Crippen LogP contribution in [0.1, 0.15) is 47.6 Å². The summed E-state index contributed by atoms with van der Waals surface area (Å²) in [5.74, 6) is 1.00. The van der Waals surface area contributed by atoms with E-state index in [1.54, 1.807) is 11.3 Å². The fraction of sp³-hybridized carbons (Fsp3) is 0.500. The smallest absolute Gasteiger partial charge is 0.168 e. The van der Waals surface area contributed by atoms with Crippen molar-refractivity contribution >= 4 is 17.0 Å². The summed E-state index contributed by atoms with van der Waals surface area (Å²) in [6.07, 6.45) is 2.20. The first-order valence-electron chi connectivity index (χ1n) is 10.5. The van der Waals surface area contributed by atoms with Gasteiger partial charge in [0, 0.05) is 36.7 Å². The van der Waals surface area contributed by atoms with Crippen molar-refractivity contribution in [3.63, 3.8) is 0 Å². The highest BCUT2D eigenvalue weighted by Gasteiger charge is 2.29. The number of anilines is 1. The van der Waals surface area contributed by atoms with Crippen LogP contribution in [0.15, 0.2) is 35.7 Å². The second kappa shape index (κ2) is 9.05. The molecule has 0 spiro atoms. The summed E-state index contributed by atoms with van der Waals surface area (Å²) in [4.78, 5) is 6.38. The van der Waals surface area contributed by atoms with E-state index in [0.717, 1.165) is 51.4 Å². The van der Waals surface area contributed by atoms with Crippen molar-refractivity contribution in [3.8, 4) is 0 Å². The van der Waals surface area contributed by atoms with Crippen molar-refractivity contribution in [2.75, 3.05) is 31.1 Å². The van der Waals surface area contributed by atoms with Gasteiger partial charge in [-0.15, -0.1) is 16.4 Å². The third kappa shape index (κ3) is 4.36. The molecule has 1 fully saturated rings. The molecule has 154 valence electrons. The number of hydrogen-bond acceptors (Lipinski definition) is 6. The number of piperazine rings is 1. The minimum atomic E-state index is 0.274. The number of tetrazole rings is 1. The maximum absolute atomic E-state index is 4.44. The lowest BCUT2D eigenvalue weighted by Gasteiger charge is -2.40. The average Bonchev–Trinajstić information content (AvgIpc) is 3.41. The first-order chi connectivity index (χ1) is 14.2. The molecule has 1 aliphatic rings. The molecular formula is C22H30N6S. The van der Waals surface area contributed by atoms with Gasteiger partial charge in [0.2, 0.25) is 0 Å². The van der Waals surface area contributed by atoms with E-state index in [4.69, 9.17) is 0 Å². The highest BCUT2D eigenvalue weighted by Crippen LogP contribution is 2.29. The molecule has 29 heavy (non-hydrogen) atoms. The van der Waals surface area contributed by atoms with E-state index in [2.05, 4.69) is 81.8 Å². The highest BCUT2D eigenvalue weighted by molar-refractivity contribution is 7.09. The van der Waals surface area contributed by atoms with Crippen LogP contribution in [-0.4, -0.2) is 51.3 Å². The van der Waals surface area contributed by atoms with Crippen LogP contribution in [0.2, 0.25) is 0 Å². The van der Waals surface area contributed by atoms with Gasteiger partial charge in [0.25, 0.3) is 0 Å². The van der Waals surface area contributed by atoms with Gasteiger partial charge in [0.05, 0.1) is 12.6 Å². The molecule has 1 aromatic carbocycles. The molecule has 0 aliphatic carbocycles. The van der Waals surface area contributed by atoms with Gasteiger partial charge in [-0.25, -0.2) is 4.68 Å². The molecule has 0 amide bonds. The maximum atomic E-state index is 4.44. The summed E-state index contributed by atoms with van der Waals surface area (Å²) >= 11 is 1.75. The largest absolute Gasteiger partial charge is 0.369 e. The SMILES string of the molecule is CCCC(c1nnnn1Cc1cccs1)N1CCN(c2cccc(C)c2C)CC1. The third-order valence-electron chi connectivity index (χ3n) is 5.98. The number of hydrogen-bond donors (Lipinski definition) is 0. The van der Waals surface area contributed by atoms with Gasteiger partial charge >= 0.3 is 0 Å². The Morgan fingerprint density at radius 1 is 1.07 bits per heavy atom. The first kappa shape index (κ1) is 20.0. The molecule has 6 nitrogen and oxygen atoms in total. The summed E-state index contributed by atoms with van der Waals surface area (Å²) < 4.78 is 1.99. The predicted molar refractivity (Wildman–Crippen MR) is 119 cm³/mol. The summed E-state index contributed by atoms with van der Waals surface area (Å²) in [6.45, 7) is 11.6. The lowest BCUT2D eigenvalue weighted by Crippen LogP contribution is -2.48. The van der Waals surface area contributed by atoms with Crippen LogP contribution in [0.4, 0.5) is 5.69 Å². The quantitative estimate of drug-likeness (QED) is 0.588. The van der Waals surface area contributed by atoms with Crippen molar-refractivity contribution in [1.29, 1.82) is 0 Å². The predicted octanol–water partition coefficient (Wildman–Crippen LogP) is 4.06. The average molecular weight is 411 g/mol. The van der Waals surface area contributed by atoms with Gasteiger partial charge in [-0.1, -0.05) is 31.5 Å². The second-order valence-corrected chi connectivity index (χ2v) is 8.85. The van der Waals surface area contributed by atoms with E-state index >= 15 is 0 Å². The third-order valence-corrected chi connectivity index (χ3v) is 6.84. The van der Waals surface area contributed by atoms with Gasteiger partial charge < -0.3 is 4.90 Å². The summed E-state index contributed by atoms with van der Waals surface area (Å²) in [5, 5.41) is 14.9. The first-order valence-corrected chi connectivity index (χ1v) is 11.4. The summed E-state index contributed by atoms with van der Waals surface area (Å²) in [6, 6.07) is 11.1. The Balaban J connectivity index is 1.48. The maximum Gasteiger partial charge on any atom is 0.168 e. The van der Waals surface area contributed by atoms with Crippen LogP contribution < -0.4 is 4.90 Å². The van der Waals surface area contributed by atoms with Gasteiger partial charge in [0.1, 0.15) is 0 Å². The van der Waals surface area contributed by atoms with Gasteiger partial charge in [-0.05, 0) is 59.3 Å². The molecule has 3 aromatic rings. The molecule has 3 heterocycles.